The largest absolute Gasteiger partial charge is 0.335 e. The van der Waals surface area contributed by atoms with Crippen LogP contribution >= 0.6 is 0 Å². The van der Waals surface area contributed by atoms with Crippen LogP contribution in [0, 0.1) is 20.8 Å². The Morgan fingerprint density at radius 2 is 1.44 bits per heavy atom. The summed E-state index contributed by atoms with van der Waals surface area (Å²) in [5.41, 5.74) is 20.9. The third-order valence-corrected chi connectivity index (χ3v) is 14.1. The number of benzene rings is 5. The number of hydrogen-bond donors (Lipinski definition) is 0. The standard InChI is InChI=1S/C48H49BN3/c1-32-28-37-46-39(29-32)49-38-22-12-15-25-43(38)52(6,36-20-8-7-9-21-36)44-31-35(30-42(45(44)49)51(46)48(5)27-17-16-26-47(37,48)4)50(40-23-13-10-18-33(40)2)41-24-14-11-19-34(41)3/h7-14,18-24,28-31H,15-17,25-27H2,1-6H3/q+1. The van der Waals surface area contributed by atoms with Gasteiger partial charge in [-0.1, -0.05) is 104 Å². The summed E-state index contributed by atoms with van der Waals surface area (Å²) in [4.78, 5) is 5.44. The van der Waals surface area contributed by atoms with Gasteiger partial charge in [-0.3, -0.25) is 0 Å². The summed E-state index contributed by atoms with van der Waals surface area (Å²) < 4.78 is 0.693. The minimum absolute atomic E-state index is 0.0309. The molecule has 5 aromatic carbocycles. The first-order valence-electron chi connectivity index (χ1n) is 19.5. The predicted octanol–water partition coefficient (Wildman–Crippen LogP) is 11.2. The van der Waals surface area contributed by atoms with E-state index in [1.165, 1.54) is 104 Å². The van der Waals surface area contributed by atoms with Crippen molar-refractivity contribution in [3.63, 3.8) is 0 Å². The van der Waals surface area contributed by atoms with Crippen LogP contribution in [0.5, 0.6) is 0 Å². The van der Waals surface area contributed by atoms with E-state index >= 15 is 0 Å². The molecule has 52 heavy (non-hydrogen) atoms. The number of aryl methyl sites for hydroxylation is 3. The fraction of sp³-hybridized carbons (Fsp3) is 0.292. The number of allylic oxidation sites excluding steroid dienone is 4. The molecule has 3 heterocycles. The summed E-state index contributed by atoms with van der Waals surface area (Å²) in [6.45, 7) is 12.3. The van der Waals surface area contributed by atoms with E-state index in [2.05, 4.69) is 167 Å². The maximum Gasteiger partial charge on any atom is 0.261 e. The molecule has 3 atom stereocenters. The Balaban J connectivity index is 1.38. The van der Waals surface area contributed by atoms with E-state index in [0.29, 0.717) is 4.48 Å². The molecule has 0 bridgehead atoms. The van der Waals surface area contributed by atoms with Gasteiger partial charge in [0.2, 0.25) is 0 Å². The van der Waals surface area contributed by atoms with E-state index < -0.39 is 0 Å². The third-order valence-electron chi connectivity index (χ3n) is 14.1. The molecule has 0 saturated heterocycles. The van der Waals surface area contributed by atoms with Crippen LogP contribution in [-0.4, -0.2) is 19.3 Å². The summed E-state index contributed by atoms with van der Waals surface area (Å²) in [5.74, 6) is 0. The van der Waals surface area contributed by atoms with Crippen LogP contribution in [0.25, 0.3) is 0 Å². The summed E-state index contributed by atoms with van der Waals surface area (Å²) in [6.07, 6.45) is 12.1. The number of anilines is 5. The molecular weight excluding hydrogens is 629 g/mol. The summed E-state index contributed by atoms with van der Waals surface area (Å²) in [6, 6.07) is 39.5. The zero-order valence-corrected chi connectivity index (χ0v) is 31.6. The van der Waals surface area contributed by atoms with Crippen LogP contribution in [0.15, 0.2) is 126 Å². The number of rotatable bonds is 4. The van der Waals surface area contributed by atoms with Crippen molar-refractivity contribution in [2.45, 2.75) is 84.1 Å². The second-order valence-corrected chi connectivity index (χ2v) is 16.8. The van der Waals surface area contributed by atoms with E-state index in [1.807, 2.05) is 0 Å². The SMILES string of the molecule is Cc1cc2c3c(c1)C1(C)CCCCC1(C)N3c1cc(N(c3ccccc3C)c3ccccc3C)cc3c1B2C1=C(CCC=C1)[N+]3(C)c1ccccc1. The first-order valence-corrected chi connectivity index (χ1v) is 19.5. The molecule has 0 N–H and O–H groups in total. The van der Waals surface area contributed by atoms with E-state index in [-0.39, 0.29) is 17.7 Å². The second-order valence-electron chi connectivity index (χ2n) is 16.8. The van der Waals surface area contributed by atoms with Gasteiger partial charge in [0.25, 0.3) is 6.71 Å². The highest BCUT2D eigenvalue weighted by Crippen LogP contribution is 2.63. The van der Waals surface area contributed by atoms with Crippen molar-refractivity contribution >= 4 is 57.5 Å². The second kappa shape index (κ2) is 11.1. The van der Waals surface area contributed by atoms with Crippen LogP contribution in [0.1, 0.15) is 74.6 Å². The number of hydrogen-bond acceptors (Lipinski definition) is 2. The average molecular weight is 679 g/mol. The van der Waals surface area contributed by atoms with Crippen molar-refractivity contribution < 1.29 is 0 Å². The number of fused-ring (bicyclic) bond motifs is 6. The van der Waals surface area contributed by atoms with Crippen molar-refractivity contribution in [2.75, 3.05) is 16.8 Å². The van der Waals surface area contributed by atoms with Crippen LogP contribution < -0.4 is 25.2 Å². The molecule has 0 spiro atoms. The lowest BCUT2D eigenvalue weighted by Crippen LogP contribution is -2.63. The molecule has 4 heteroatoms. The Bertz CT molecular complexity index is 2330. The maximum atomic E-state index is 2.89. The molecule has 258 valence electrons. The maximum absolute atomic E-state index is 2.89. The molecular formula is C48H49BN3+. The van der Waals surface area contributed by atoms with Gasteiger partial charge in [-0.15, -0.1) is 0 Å². The average Bonchev–Trinajstić information content (AvgIpc) is 3.37. The summed E-state index contributed by atoms with van der Waals surface area (Å²) >= 11 is 0. The Kier molecular flexibility index (Phi) is 6.81. The van der Waals surface area contributed by atoms with Crippen molar-refractivity contribution in [2.24, 2.45) is 0 Å². The van der Waals surface area contributed by atoms with Gasteiger partial charge in [-0.2, -0.15) is 0 Å². The molecule has 5 aliphatic rings. The highest BCUT2D eigenvalue weighted by atomic mass is 15.4. The van der Waals surface area contributed by atoms with Crippen molar-refractivity contribution in [3.05, 3.63) is 149 Å². The lowest BCUT2D eigenvalue weighted by atomic mass is 9.32. The molecule has 0 radical (unpaired) electrons. The van der Waals surface area contributed by atoms with E-state index in [1.54, 1.807) is 5.56 Å². The van der Waals surface area contributed by atoms with Crippen LogP contribution in [0.3, 0.4) is 0 Å². The van der Waals surface area contributed by atoms with Crippen molar-refractivity contribution in [3.8, 4) is 0 Å². The predicted molar refractivity (Wildman–Crippen MR) is 222 cm³/mol. The zero-order chi connectivity index (χ0) is 35.6. The monoisotopic (exact) mass is 678 g/mol. The molecule has 3 unspecified atom stereocenters. The summed E-state index contributed by atoms with van der Waals surface area (Å²) in [5, 5.41) is 0. The van der Waals surface area contributed by atoms with Crippen LogP contribution in [0.2, 0.25) is 0 Å². The van der Waals surface area contributed by atoms with Gasteiger partial charge in [0.15, 0.2) is 0 Å². The van der Waals surface area contributed by atoms with Crippen molar-refractivity contribution in [1.82, 2.24) is 4.48 Å². The van der Waals surface area contributed by atoms with Gasteiger partial charge in [0.1, 0.15) is 17.1 Å². The molecule has 10 rings (SSSR count). The normalized spacial score (nSPS) is 25.0. The molecule has 1 fully saturated rings. The third kappa shape index (κ3) is 4.02. The van der Waals surface area contributed by atoms with Crippen LogP contribution in [-0.2, 0) is 5.41 Å². The minimum atomic E-state index is -0.0309. The fourth-order valence-corrected chi connectivity index (χ4v) is 11.3. The van der Waals surface area contributed by atoms with Gasteiger partial charge in [0, 0.05) is 46.1 Å². The zero-order valence-electron chi connectivity index (χ0n) is 31.6. The molecule has 5 aromatic rings. The first-order chi connectivity index (χ1) is 25.2. The molecule has 0 aromatic heterocycles. The van der Waals surface area contributed by atoms with E-state index in [9.17, 15) is 0 Å². The highest BCUT2D eigenvalue weighted by molar-refractivity contribution is 6.95. The van der Waals surface area contributed by atoms with Gasteiger partial charge < -0.3 is 9.80 Å². The smallest absolute Gasteiger partial charge is 0.261 e. The van der Waals surface area contributed by atoms with Crippen LogP contribution in [0.4, 0.5) is 39.8 Å². The fourth-order valence-electron chi connectivity index (χ4n) is 11.3. The quantitative estimate of drug-likeness (QED) is 0.138. The topological polar surface area (TPSA) is 6.48 Å². The minimum Gasteiger partial charge on any atom is -0.335 e. The molecule has 3 aliphatic heterocycles. The van der Waals surface area contributed by atoms with E-state index in [0.717, 1.165) is 12.8 Å². The Morgan fingerprint density at radius 1 is 0.769 bits per heavy atom. The van der Waals surface area contributed by atoms with Gasteiger partial charge in [-0.05, 0) is 105 Å². The molecule has 3 nitrogen and oxygen atoms in total. The molecule has 1 saturated carbocycles. The lowest BCUT2D eigenvalue weighted by Gasteiger charge is -2.53. The van der Waals surface area contributed by atoms with Gasteiger partial charge in [-0.25, -0.2) is 4.48 Å². The van der Waals surface area contributed by atoms with Gasteiger partial charge >= 0.3 is 0 Å². The first kappa shape index (κ1) is 31.9. The molecule has 0 amide bonds. The van der Waals surface area contributed by atoms with Gasteiger partial charge in [0.05, 0.1) is 18.3 Å². The highest BCUT2D eigenvalue weighted by Gasteiger charge is 2.62. The summed E-state index contributed by atoms with van der Waals surface area (Å²) in [7, 11) is 2.49. The Labute approximate surface area is 310 Å². The Hall–Kier alpha value is -4.80. The van der Waals surface area contributed by atoms with E-state index in [4.69, 9.17) is 0 Å². The number of nitrogens with zero attached hydrogens (tertiary/aromatic N) is 3. The Morgan fingerprint density at radius 3 is 2.15 bits per heavy atom. The molecule has 2 aliphatic carbocycles. The number of quaternary nitrogens is 1. The lowest BCUT2D eigenvalue weighted by molar-refractivity contribution is 0.195. The number of para-hydroxylation sites is 3. The van der Waals surface area contributed by atoms with Crippen molar-refractivity contribution in [1.29, 1.82) is 0 Å².